The average Bonchev–Trinajstić information content (AvgIpc) is 3.45. The van der Waals surface area contributed by atoms with Gasteiger partial charge in [-0.15, -0.1) is 0 Å². The van der Waals surface area contributed by atoms with Gasteiger partial charge in [-0.3, -0.25) is 9.59 Å². The van der Waals surface area contributed by atoms with E-state index in [9.17, 15) is 19.5 Å². The minimum atomic E-state index is -1.51. The molecule has 0 aliphatic rings. The molecule has 0 aliphatic heterocycles. The minimum Gasteiger partial charge on any atom is -0.477 e. The van der Waals surface area contributed by atoms with Crippen LogP contribution in [-0.2, 0) is 33.3 Å². The number of quaternary nitrogens is 1. The Kier molecular flexibility index (Phi) is 61.6. The highest BCUT2D eigenvalue weighted by Crippen LogP contribution is 2.19. The van der Waals surface area contributed by atoms with Crippen LogP contribution in [-0.4, -0.2) is 87.4 Å². The number of ether oxygens (including phenoxy) is 4. The first-order valence-electron chi connectivity index (χ1n) is 35.0. The number of esters is 2. The van der Waals surface area contributed by atoms with Crippen LogP contribution in [0.15, 0.2) is 60.8 Å². The summed E-state index contributed by atoms with van der Waals surface area (Å²) >= 11 is 0. The largest absolute Gasteiger partial charge is 0.477 e. The summed E-state index contributed by atoms with van der Waals surface area (Å²) in [6, 6.07) is 0. The second-order valence-electron chi connectivity index (χ2n) is 24.8. The first-order valence-corrected chi connectivity index (χ1v) is 35.0. The molecule has 9 heteroatoms. The number of carboxylic acid groups (broad SMARTS) is 1. The van der Waals surface area contributed by atoms with Crippen molar-refractivity contribution in [3.63, 3.8) is 0 Å². The standard InChI is InChI=1S/C73H133NO8/c1-6-8-10-12-14-16-18-20-22-24-26-28-30-32-34-35-36-38-39-41-43-45-47-49-51-53-55-57-59-61-63-70(75)80-67-69(68-81-73(72(77)78)79-66-65-74(3,4)5)82-71(76)64-62-60-58-56-54-52-50-48-46-44-42-40-37-33-31-29-27-25-23-21-19-17-15-13-11-9-7-2/h9,11,15,17,21,23,27,29,33,37,69,73H,6-8,10,12-14,16,18-20,22,24-26,28,30-32,34-36,38-68H2,1-5H3/p+1/b11-9-,17-15-,23-21-,29-27-,37-33-. The Bertz CT molecular complexity index is 1530. The highest BCUT2D eigenvalue weighted by atomic mass is 16.7. The molecule has 478 valence electrons. The molecule has 0 aromatic rings. The van der Waals surface area contributed by atoms with Crippen molar-refractivity contribution in [3.05, 3.63) is 60.8 Å². The number of carboxylic acids is 1. The lowest BCUT2D eigenvalue weighted by molar-refractivity contribution is -0.870. The monoisotopic (exact) mass is 1150 g/mol. The van der Waals surface area contributed by atoms with Crippen LogP contribution in [0.4, 0.5) is 0 Å². The van der Waals surface area contributed by atoms with Crippen molar-refractivity contribution in [2.75, 3.05) is 47.5 Å². The fraction of sp³-hybridized carbons (Fsp3) is 0.822. The molecule has 0 aromatic heterocycles. The smallest absolute Gasteiger partial charge is 0.361 e. The summed E-state index contributed by atoms with van der Waals surface area (Å²) < 4.78 is 23.0. The summed E-state index contributed by atoms with van der Waals surface area (Å²) in [6.45, 7) is 4.81. The predicted octanol–water partition coefficient (Wildman–Crippen LogP) is 21.5. The van der Waals surface area contributed by atoms with E-state index in [1.807, 2.05) is 21.1 Å². The number of likely N-dealkylation sites (N-methyl/N-ethyl adjacent to an activating group) is 1. The Hall–Kier alpha value is -3.01. The first-order chi connectivity index (χ1) is 40.1. The SMILES string of the molecule is CC/C=C\C/C=C\C/C=C\C/C=C\C/C=C\CCCCCCCCCCCCCC(=O)OC(COC(=O)CCCCCCCCCCCCCCCCCCCCCCCCCCCCCCCC)COC(OCC[N+](C)(C)C)C(=O)O. The maximum Gasteiger partial charge on any atom is 0.361 e. The van der Waals surface area contributed by atoms with E-state index < -0.39 is 24.3 Å². The van der Waals surface area contributed by atoms with E-state index in [4.69, 9.17) is 18.9 Å². The van der Waals surface area contributed by atoms with Crippen LogP contribution in [0.1, 0.15) is 328 Å². The van der Waals surface area contributed by atoms with Gasteiger partial charge < -0.3 is 28.5 Å². The van der Waals surface area contributed by atoms with Crippen LogP contribution in [0, 0.1) is 0 Å². The molecule has 0 bridgehead atoms. The molecule has 0 fully saturated rings. The third-order valence-corrected chi connectivity index (χ3v) is 15.5. The fourth-order valence-corrected chi connectivity index (χ4v) is 10.2. The van der Waals surface area contributed by atoms with Gasteiger partial charge in [0.15, 0.2) is 6.10 Å². The second kappa shape index (κ2) is 64.0. The number of hydrogen-bond donors (Lipinski definition) is 1. The Balaban J connectivity index is 4.09. The predicted molar refractivity (Wildman–Crippen MR) is 350 cm³/mol. The summed E-state index contributed by atoms with van der Waals surface area (Å²) in [6.07, 6.45) is 80.5. The Morgan fingerprint density at radius 2 is 0.695 bits per heavy atom. The maximum atomic E-state index is 12.9. The average molecular weight is 1150 g/mol. The van der Waals surface area contributed by atoms with Gasteiger partial charge in [-0.25, -0.2) is 4.79 Å². The van der Waals surface area contributed by atoms with Crippen molar-refractivity contribution in [1.82, 2.24) is 0 Å². The molecule has 2 unspecified atom stereocenters. The van der Waals surface area contributed by atoms with Gasteiger partial charge in [-0.05, 0) is 57.8 Å². The van der Waals surface area contributed by atoms with Gasteiger partial charge >= 0.3 is 17.9 Å². The zero-order chi connectivity index (χ0) is 59.8. The zero-order valence-electron chi connectivity index (χ0n) is 54.7. The van der Waals surface area contributed by atoms with E-state index in [1.54, 1.807) is 0 Å². The van der Waals surface area contributed by atoms with Crippen molar-refractivity contribution in [2.45, 2.75) is 341 Å². The molecule has 9 nitrogen and oxygen atoms in total. The molecule has 0 heterocycles. The number of carbonyl (C=O) groups is 3. The topological polar surface area (TPSA) is 108 Å². The molecular weight excluding hydrogens is 1020 g/mol. The van der Waals surface area contributed by atoms with Gasteiger partial charge in [0.1, 0.15) is 13.2 Å². The highest BCUT2D eigenvalue weighted by Gasteiger charge is 2.25. The van der Waals surface area contributed by atoms with Crippen LogP contribution in [0.2, 0.25) is 0 Å². The van der Waals surface area contributed by atoms with E-state index in [0.717, 1.165) is 77.0 Å². The van der Waals surface area contributed by atoms with Crippen molar-refractivity contribution in [3.8, 4) is 0 Å². The Labute approximate surface area is 507 Å². The Morgan fingerprint density at radius 3 is 1.04 bits per heavy atom. The quantitative estimate of drug-likeness (QED) is 0.0211. The van der Waals surface area contributed by atoms with E-state index in [2.05, 4.69) is 74.6 Å². The van der Waals surface area contributed by atoms with E-state index in [1.165, 1.54) is 225 Å². The molecule has 0 radical (unpaired) electrons. The van der Waals surface area contributed by atoms with Crippen LogP contribution < -0.4 is 0 Å². The lowest BCUT2D eigenvalue weighted by Gasteiger charge is -2.25. The molecule has 2 atom stereocenters. The molecule has 1 N–H and O–H groups in total. The number of unbranched alkanes of at least 4 members (excludes halogenated alkanes) is 40. The van der Waals surface area contributed by atoms with Gasteiger partial charge in [0.2, 0.25) is 0 Å². The van der Waals surface area contributed by atoms with Crippen molar-refractivity contribution in [1.29, 1.82) is 0 Å². The second-order valence-corrected chi connectivity index (χ2v) is 24.8. The molecule has 0 saturated carbocycles. The van der Waals surface area contributed by atoms with Crippen LogP contribution in [0.3, 0.4) is 0 Å². The number of rotatable bonds is 65. The number of allylic oxidation sites excluding steroid dienone is 10. The lowest BCUT2D eigenvalue weighted by Crippen LogP contribution is -2.40. The van der Waals surface area contributed by atoms with Crippen LogP contribution in [0.5, 0.6) is 0 Å². The molecule has 82 heavy (non-hydrogen) atoms. The number of carbonyl (C=O) groups excluding carboxylic acids is 2. The number of nitrogens with zero attached hydrogens (tertiary/aromatic N) is 1. The first kappa shape index (κ1) is 79.0. The third-order valence-electron chi connectivity index (χ3n) is 15.5. The molecular formula is C73H134NO8+. The molecule has 0 spiro atoms. The summed E-state index contributed by atoms with van der Waals surface area (Å²) in [4.78, 5) is 37.6. The molecule has 0 aromatic carbocycles. The van der Waals surface area contributed by atoms with Gasteiger partial charge in [-0.2, -0.15) is 0 Å². The summed E-state index contributed by atoms with van der Waals surface area (Å²) in [7, 11) is 5.98. The Morgan fingerprint density at radius 1 is 0.378 bits per heavy atom. The van der Waals surface area contributed by atoms with Crippen molar-refractivity contribution in [2.24, 2.45) is 0 Å². The minimum absolute atomic E-state index is 0.181. The summed E-state index contributed by atoms with van der Waals surface area (Å²) in [5.41, 5.74) is 0. The molecule has 0 amide bonds. The fourth-order valence-electron chi connectivity index (χ4n) is 10.2. The molecule has 0 rings (SSSR count). The summed E-state index contributed by atoms with van der Waals surface area (Å²) in [5, 5.41) is 9.74. The molecule has 0 saturated heterocycles. The number of hydrogen-bond acceptors (Lipinski definition) is 7. The van der Waals surface area contributed by atoms with Crippen LogP contribution in [0.25, 0.3) is 0 Å². The maximum absolute atomic E-state index is 12.9. The molecule has 0 aliphatic carbocycles. The van der Waals surface area contributed by atoms with E-state index in [-0.39, 0.29) is 32.2 Å². The summed E-state index contributed by atoms with van der Waals surface area (Å²) in [5.74, 6) is -1.99. The van der Waals surface area contributed by atoms with Gasteiger partial charge in [0.25, 0.3) is 6.29 Å². The van der Waals surface area contributed by atoms with E-state index in [0.29, 0.717) is 17.4 Å². The number of aliphatic carboxylic acids is 1. The van der Waals surface area contributed by atoms with Crippen LogP contribution >= 0.6 is 0 Å². The van der Waals surface area contributed by atoms with Crippen molar-refractivity contribution < 1.29 is 42.9 Å². The zero-order valence-corrected chi connectivity index (χ0v) is 54.7. The van der Waals surface area contributed by atoms with Crippen molar-refractivity contribution >= 4 is 17.9 Å². The lowest BCUT2D eigenvalue weighted by atomic mass is 10.0. The van der Waals surface area contributed by atoms with E-state index >= 15 is 0 Å². The van der Waals surface area contributed by atoms with Gasteiger partial charge in [0.05, 0.1) is 34.4 Å². The third kappa shape index (κ3) is 64.5. The highest BCUT2D eigenvalue weighted by molar-refractivity contribution is 5.71. The van der Waals surface area contributed by atoms with Gasteiger partial charge in [-0.1, -0.05) is 319 Å². The van der Waals surface area contributed by atoms with Gasteiger partial charge in [0, 0.05) is 12.8 Å². The normalized spacial score (nSPS) is 13.0.